The lowest BCUT2D eigenvalue weighted by Gasteiger charge is -2.25. The van der Waals surface area contributed by atoms with E-state index in [1.54, 1.807) is 26.8 Å². The van der Waals surface area contributed by atoms with Crippen molar-refractivity contribution in [1.82, 2.24) is 4.98 Å². The lowest BCUT2D eigenvalue weighted by molar-refractivity contribution is -0.124. The Morgan fingerprint density at radius 1 is 1.24 bits per heavy atom. The third kappa shape index (κ3) is 3.88. The van der Waals surface area contributed by atoms with Crippen molar-refractivity contribution < 1.29 is 23.5 Å². The Morgan fingerprint density at radius 3 is 2.68 bits per heavy atom. The van der Waals surface area contributed by atoms with Crippen LogP contribution in [0.15, 0.2) is 71.7 Å². The van der Waals surface area contributed by atoms with E-state index in [0.29, 0.717) is 27.5 Å². The summed E-state index contributed by atoms with van der Waals surface area (Å²) in [6.07, 6.45) is 1.25. The maximum Gasteiger partial charge on any atom is 0.296 e. The van der Waals surface area contributed by atoms with Crippen LogP contribution in [0.25, 0.3) is 10.2 Å². The second-order valence-electron chi connectivity index (χ2n) is 8.53. The van der Waals surface area contributed by atoms with Crippen molar-refractivity contribution in [2.75, 3.05) is 4.90 Å². The molecule has 174 valence electrons. The molecule has 2 aliphatic heterocycles. The molecule has 1 aromatic heterocycles. The summed E-state index contributed by atoms with van der Waals surface area (Å²) >= 11 is 1.20. The van der Waals surface area contributed by atoms with Gasteiger partial charge in [-0.05, 0) is 50.6 Å². The van der Waals surface area contributed by atoms with Gasteiger partial charge < -0.3 is 9.47 Å². The van der Waals surface area contributed by atoms with Crippen molar-refractivity contribution >= 4 is 38.4 Å². The van der Waals surface area contributed by atoms with Crippen molar-refractivity contribution in [2.45, 2.75) is 45.4 Å². The third-order valence-electron chi connectivity index (χ3n) is 5.71. The molecule has 0 radical (unpaired) electrons. The summed E-state index contributed by atoms with van der Waals surface area (Å²) in [5.74, 6) is -0.439. The van der Waals surface area contributed by atoms with E-state index in [9.17, 15) is 14.0 Å². The molecule has 0 spiro atoms. The Morgan fingerprint density at radius 2 is 2.00 bits per heavy atom. The minimum absolute atomic E-state index is 0.00689. The van der Waals surface area contributed by atoms with Gasteiger partial charge in [-0.1, -0.05) is 41.7 Å². The number of hydrogen-bond acceptors (Lipinski definition) is 6. The molecule has 5 rings (SSSR count). The SMILES string of the molecule is CC1=CCC(C(=O)C2=C(OC(C)C)C(=O)N(c3nc4ccc(F)cc4s3)C2c2ccccc2)O1. The van der Waals surface area contributed by atoms with Gasteiger partial charge in [-0.2, -0.15) is 0 Å². The number of Topliss-reactive ketones (excluding diaryl/α,β-unsaturated/α-hetero) is 1. The van der Waals surface area contributed by atoms with Gasteiger partial charge in [-0.3, -0.25) is 14.5 Å². The zero-order valence-corrected chi connectivity index (χ0v) is 19.8. The van der Waals surface area contributed by atoms with Gasteiger partial charge in [-0.15, -0.1) is 0 Å². The number of ketones is 1. The summed E-state index contributed by atoms with van der Waals surface area (Å²) in [6.45, 7) is 5.41. The third-order valence-corrected chi connectivity index (χ3v) is 6.73. The molecule has 2 unspecified atom stereocenters. The average molecular weight is 479 g/mol. The van der Waals surface area contributed by atoms with Crippen molar-refractivity contribution in [3.8, 4) is 0 Å². The van der Waals surface area contributed by atoms with Crippen LogP contribution in [-0.4, -0.2) is 28.9 Å². The minimum atomic E-state index is -0.745. The highest BCUT2D eigenvalue weighted by molar-refractivity contribution is 7.22. The first-order valence-corrected chi connectivity index (χ1v) is 11.9. The van der Waals surface area contributed by atoms with Crippen LogP contribution in [0.1, 0.15) is 38.8 Å². The quantitative estimate of drug-likeness (QED) is 0.470. The molecule has 3 heterocycles. The van der Waals surface area contributed by atoms with Gasteiger partial charge in [-0.25, -0.2) is 9.37 Å². The number of allylic oxidation sites excluding steroid dienone is 1. The van der Waals surface area contributed by atoms with Crippen molar-refractivity contribution in [1.29, 1.82) is 0 Å². The van der Waals surface area contributed by atoms with Gasteiger partial charge in [0.05, 0.1) is 33.7 Å². The Hall–Kier alpha value is -3.52. The number of anilines is 1. The van der Waals surface area contributed by atoms with E-state index >= 15 is 0 Å². The first kappa shape index (κ1) is 22.3. The largest absolute Gasteiger partial charge is 0.487 e. The van der Waals surface area contributed by atoms with Crippen LogP contribution in [0.3, 0.4) is 0 Å². The topological polar surface area (TPSA) is 68.7 Å². The predicted molar refractivity (Wildman–Crippen MR) is 128 cm³/mol. The minimum Gasteiger partial charge on any atom is -0.487 e. The second kappa shape index (κ2) is 8.68. The Kier molecular flexibility index (Phi) is 5.69. The monoisotopic (exact) mass is 478 g/mol. The lowest BCUT2D eigenvalue weighted by atomic mass is 9.93. The number of hydrogen-bond donors (Lipinski definition) is 0. The lowest BCUT2D eigenvalue weighted by Crippen LogP contribution is -2.32. The van der Waals surface area contributed by atoms with Gasteiger partial charge in [0.2, 0.25) is 5.78 Å². The van der Waals surface area contributed by atoms with Crippen LogP contribution in [0.5, 0.6) is 0 Å². The number of benzene rings is 2. The second-order valence-corrected chi connectivity index (χ2v) is 9.54. The zero-order chi connectivity index (χ0) is 24.0. The van der Waals surface area contributed by atoms with E-state index in [2.05, 4.69) is 4.98 Å². The van der Waals surface area contributed by atoms with E-state index in [0.717, 1.165) is 5.56 Å². The molecule has 6 nitrogen and oxygen atoms in total. The highest BCUT2D eigenvalue weighted by Crippen LogP contribution is 2.45. The van der Waals surface area contributed by atoms with Gasteiger partial charge in [0.1, 0.15) is 5.82 Å². The molecule has 3 aromatic rings. The number of carbonyl (C=O) groups excluding carboxylic acids is 2. The molecule has 0 aliphatic carbocycles. The molecule has 8 heteroatoms. The Balaban J connectivity index is 1.67. The van der Waals surface area contributed by atoms with E-state index in [-0.39, 0.29) is 29.0 Å². The molecular formula is C26H23FN2O4S. The van der Waals surface area contributed by atoms with E-state index in [1.807, 2.05) is 36.4 Å². The molecule has 34 heavy (non-hydrogen) atoms. The van der Waals surface area contributed by atoms with Crippen LogP contribution in [-0.2, 0) is 19.1 Å². The molecule has 0 saturated heterocycles. The van der Waals surface area contributed by atoms with E-state index in [4.69, 9.17) is 9.47 Å². The molecular weight excluding hydrogens is 455 g/mol. The number of nitrogens with zero attached hydrogens (tertiary/aromatic N) is 2. The smallest absolute Gasteiger partial charge is 0.296 e. The number of carbonyl (C=O) groups is 2. The van der Waals surface area contributed by atoms with Gasteiger partial charge in [0.15, 0.2) is 17.0 Å². The number of halogens is 1. The molecule has 1 amide bonds. The van der Waals surface area contributed by atoms with Crippen molar-refractivity contribution in [3.63, 3.8) is 0 Å². The first-order chi connectivity index (χ1) is 16.3. The summed E-state index contributed by atoms with van der Waals surface area (Å²) in [7, 11) is 0. The molecule has 0 bridgehead atoms. The molecule has 0 fully saturated rings. The van der Waals surface area contributed by atoms with E-state index < -0.39 is 18.1 Å². The van der Waals surface area contributed by atoms with Crippen LogP contribution in [0, 0.1) is 5.82 Å². The summed E-state index contributed by atoms with van der Waals surface area (Å²) in [5, 5.41) is 0.369. The number of aromatic nitrogens is 1. The molecule has 2 aromatic carbocycles. The highest BCUT2D eigenvalue weighted by atomic mass is 32.1. The zero-order valence-electron chi connectivity index (χ0n) is 18.9. The number of thiazole rings is 1. The fraction of sp³-hybridized carbons (Fsp3) is 0.269. The van der Waals surface area contributed by atoms with E-state index in [1.165, 1.54) is 28.4 Å². The molecule has 2 aliphatic rings. The summed E-state index contributed by atoms with van der Waals surface area (Å²) in [6, 6.07) is 12.9. The number of rotatable bonds is 6. The summed E-state index contributed by atoms with van der Waals surface area (Å²) < 4.78 is 26.1. The summed E-state index contributed by atoms with van der Waals surface area (Å²) in [4.78, 5) is 33.6. The number of ether oxygens (including phenoxy) is 2. The van der Waals surface area contributed by atoms with Crippen LogP contribution >= 0.6 is 11.3 Å². The number of fused-ring (bicyclic) bond motifs is 1. The van der Waals surface area contributed by atoms with Crippen molar-refractivity contribution in [3.05, 3.63) is 83.1 Å². The molecule has 0 N–H and O–H groups in total. The Labute approximate surface area is 200 Å². The maximum absolute atomic E-state index is 13.8. The predicted octanol–water partition coefficient (Wildman–Crippen LogP) is 5.46. The number of amides is 1. The average Bonchev–Trinajstić information content (AvgIpc) is 3.49. The van der Waals surface area contributed by atoms with Gasteiger partial charge in [0, 0.05) is 6.42 Å². The molecule has 0 saturated carbocycles. The molecule has 2 atom stereocenters. The standard InChI is InChI=1S/C26H23FN2O4S/c1-14(2)32-24-21(23(30)19-12-9-15(3)33-19)22(16-7-5-4-6-8-16)29(25(24)31)26-28-18-11-10-17(27)13-20(18)34-26/h4-11,13-14,19,22H,12H2,1-3H3. The maximum atomic E-state index is 13.8. The fourth-order valence-electron chi connectivity index (χ4n) is 4.26. The van der Waals surface area contributed by atoms with Crippen LogP contribution < -0.4 is 4.90 Å². The van der Waals surface area contributed by atoms with Crippen molar-refractivity contribution in [2.24, 2.45) is 0 Å². The van der Waals surface area contributed by atoms with Crippen LogP contribution in [0.4, 0.5) is 9.52 Å². The highest BCUT2D eigenvalue weighted by Gasteiger charge is 2.48. The fourth-order valence-corrected chi connectivity index (χ4v) is 5.27. The first-order valence-electron chi connectivity index (χ1n) is 11.1. The van der Waals surface area contributed by atoms with Crippen LogP contribution in [0.2, 0.25) is 0 Å². The Bertz CT molecular complexity index is 1350. The van der Waals surface area contributed by atoms with Gasteiger partial charge in [0.25, 0.3) is 5.91 Å². The normalized spacial score (nSPS) is 20.3. The summed E-state index contributed by atoms with van der Waals surface area (Å²) in [5.41, 5.74) is 1.57. The van der Waals surface area contributed by atoms with Gasteiger partial charge >= 0.3 is 0 Å².